The number of carbonyl (C=O) groups is 1. The lowest BCUT2D eigenvalue weighted by atomic mass is 10.2. The molecule has 1 amide bonds. The highest BCUT2D eigenvalue weighted by Gasteiger charge is 2.17. The zero-order chi connectivity index (χ0) is 17.9. The molecule has 8 heteroatoms. The minimum atomic E-state index is -3.41. The number of anilines is 2. The fourth-order valence-electron chi connectivity index (χ4n) is 1.98. The minimum Gasteiger partial charge on any atom is -0.317 e. The van der Waals surface area contributed by atoms with Gasteiger partial charge in [-0.15, -0.1) is 0 Å². The summed E-state index contributed by atoms with van der Waals surface area (Å²) in [4.78, 5) is 12.1. The third-order valence-corrected chi connectivity index (χ3v) is 5.25. The molecular weight excluding hydrogens is 338 g/mol. The van der Waals surface area contributed by atoms with Crippen LogP contribution in [0.2, 0.25) is 0 Å². The van der Waals surface area contributed by atoms with Crippen LogP contribution in [0, 0.1) is 11.6 Å². The van der Waals surface area contributed by atoms with Crippen LogP contribution >= 0.6 is 0 Å². The van der Waals surface area contributed by atoms with Crippen molar-refractivity contribution in [2.45, 2.75) is 6.92 Å². The molecule has 2 aromatic rings. The van der Waals surface area contributed by atoms with Crippen molar-refractivity contribution in [1.29, 1.82) is 0 Å². The molecule has 0 saturated heterocycles. The van der Waals surface area contributed by atoms with Gasteiger partial charge in [0.05, 0.1) is 11.4 Å². The van der Waals surface area contributed by atoms with E-state index < -0.39 is 33.3 Å². The first-order chi connectivity index (χ1) is 11.3. The van der Waals surface area contributed by atoms with Gasteiger partial charge in [0.25, 0.3) is 5.91 Å². The van der Waals surface area contributed by atoms with E-state index in [0.717, 1.165) is 16.4 Å². The Balaban J connectivity index is 2.21. The summed E-state index contributed by atoms with van der Waals surface area (Å²) in [6, 6.07) is 8.91. The second-order valence-electron chi connectivity index (χ2n) is 4.97. The Morgan fingerprint density at radius 3 is 2.12 bits per heavy atom. The molecule has 0 radical (unpaired) electrons. The van der Waals surface area contributed by atoms with E-state index in [-0.39, 0.29) is 11.3 Å². The maximum absolute atomic E-state index is 13.5. The van der Waals surface area contributed by atoms with Crippen LogP contribution in [0.1, 0.15) is 17.3 Å². The molecule has 0 aliphatic rings. The normalized spacial score (nSPS) is 11.2. The van der Waals surface area contributed by atoms with Crippen LogP contribution in [-0.2, 0) is 10.0 Å². The van der Waals surface area contributed by atoms with Crippen molar-refractivity contribution < 1.29 is 22.0 Å². The van der Waals surface area contributed by atoms with Crippen molar-refractivity contribution in [3.63, 3.8) is 0 Å². The lowest BCUT2D eigenvalue weighted by molar-refractivity contribution is 0.102. The summed E-state index contributed by atoms with van der Waals surface area (Å²) in [5.41, 5.74) is -0.00794. The number of hydrogen-bond donors (Lipinski definition) is 1. The minimum absolute atomic E-state index is 0.0572. The van der Waals surface area contributed by atoms with Gasteiger partial charge in [0.2, 0.25) is 10.0 Å². The van der Waals surface area contributed by atoms with E-state index in [1.807, 2.05) is 0 Å². The number of hydrogen-bond acceptors (Lipinski definition) is 3. The smallest absolute Gasteiger partial charge is 0.255 e. The van der Waals surface area contributed by atoms with Crippen LogP contribution in [0.15, 0.2) is 42.5 Å². The van der Waals surface area contributed by atoms with Gasteiger partial charge >= 0.3 is 0 Å². The van der Waals surface area contributed by atoms with Crippen molar-refractivity contribution in [3.8, 4) is 0 Å². The Morgan fingerprint density at radius 1 is 1.08 bits per heavy atom. The van der Waals surface area contributed by atoms with E-state index in [9.17, 15) is 22.0 Å². The van der Waals surface area contributed by atoms with E-state index in [1.165, 1.54) is 44.3 Å². The largest absolute Gasteiger partial charge is 0.317 e. The first-order valence-electron chi connectivity index (χ1n) is 7.08. The highest BCUT2D eigenvalue weighted by molar-refractivity contribution is 7.92. The summed E-state index contributed by atoms with van der Waals surface area (Å²) in [6.45, 7) is 1.52. The highest BCUT2D eigenvalue weighted by atomic mass is 32.2. The maximum Gasteiger partial charge on any atom is 0.255 e. The van der Waals surface area contributed by atoms with Gasteiger partial charge in [0, 0.05) is 12.6 Å². The summed E-state index contributed by atoms with van der Waals surface area (Å²) >= 11 is 0. The maximum atomic E-state index is 13.5. The molecule has 0 aliphatic heterocycles. The van der Waals surface area contributed by atoms with Crippen LogP contribution < -0.4 is 9.62 Å². The van der Waals surface area contributed by atoms with Crippen molar-refractivity contribution in [1.82, 2.24) is 0 Å². The molecule has 2 aromatic carbocycles. The highest BCUT2D eigenvalue weighted by Crippen LogP contribution is 2.21. The molecule has 5 nitrogen and oxygen atoms in total. The molecule has 24 heavy (non-hydrogen) atoms. The quantitative estimate of drug-likeness (QED) is 0.898. The van der Waals surface area contributed by atoms with Crippen LogP contribution in [0.3, 0.4) is 0 Å². The third-order valence-electron chi connectivity index (χ3n) is 3.48. The third kappa shape index (κ3) is 3.70. The molecule has 128 valence electrons. The standard InChI is InChI=1S/C16H16F2N2O3S/c1-3-24(22,23)20(2)12-9-7-11(8-10-12)16(21)19-15-13(17)5-4-6-14(15)18/h4-10H,3H2,1-2H3,(H,19,21). The number of para-hydroxylation sites is 1. The molecule has 0 aromatic heterocycles. The van der Waals surface area contributed by atoms with Crippen molar-refractivity contribution in [2.24, 2.45) is 0 Å². The Hall–Kier alpha value is -2.48. The van der Waals surface area contributed by atoms with E-state index in [0.29, 0.717) is 5.69 Å². The average Bonchev–Trinajstić information content (AvgIpc) is 2.57. The Morgan fingerprint density at radius 2 is 1.62 bits per heavy atom. The Labute approximate surface area is 139 Å². The van der Waals surface area contributed by atoms with Crippen LogP contribution in [0.4, 0.5) is 20.2 Å². The monoisotopic (exact) mass is 354 g/mol. The number of carbonyl (C=O) groups excluding carboxylic acids is 1. The van der Waals surface area contributed by atoms with Gasteiger partial charge in [-0.1, -0.05) is 6.07 Å². The van der Waals surface area contributed by atoms with Gasteiger partial charge in [-0.3, -0.25) is 9.10 Å². The van der Waals surface area contributed by atoms with E-state index >= 15 is 0 Å². The molecule has 0 atom stereocenters. The van der Waals surface area contributed by atoms with Crippen molar-refractivity contribution in [2.75, 3.05) is 22.4 Å². The number of nitrogens with one attached hydrogen (secondary N) is 1. The van der Waals surface area contributed by atoms with Gasteiger partial charge < -0.3 is 5.32 Å². The molecule has 0 heterocycles. The Bertz CT molecular complexity index is 832. The van der Waals surface area contributed by atoms with Crippen molar-refractivity contribution in [3.05, 3.63) is 59.7 Å². The number of nitrogens with zero attached hydrogens (tertiary/aromatic N) is 1. The predicted octanol–water partition coefficient (Wildman–Crippen LogP) is 3.00. The molecule has 1 N–H and O–H groups in total. The first kappa shape index (κ1) is 17.9. The lowest BCUT2D eigenvalue weighted by Crippen LogP contribution is -2.28. The van der Waals surface area contributed by atoms with Crippen LogP contribution in [0.25, 0.3) is 0 Å². The topological polar surface area (TPSA) is 66.5 Å². The van der Waals surface area contributed by atoms with E-state index in [4.69, 9.17) is 0 Å². The number of halogens is 2. The van der Waals surface area contributed by atoms with Gasteiger partial charge in [-0.25, -0.2) is 17.2 Å². The van der Waals surface area contributed by atoms with Gasteiger partial charge in [-0.2, -0.15) is 0 Å². The average molecular weight is 354 g/mol. The van der Waals surface area contributed by atoms with E-state index in [1.54, 1.807) is 0 Å². The summed E-state index contributed by atoms with van der Waals surface area (Å²) in [5.74, 6) is -2.52. The number of amides is 1. The zero-order valence-corrected chi connectivity index (χ0v) is 13.9. The second-order valence-corrected chi connectivity index (χ2v) is 7.25. The number of benzene rings is 2. The molecule has 0 bridgehead atoms. The first-order valence-corrected chi connectivity index (χ1v) is 8.69. The fraction of sp³-hybridized carbons (Fsp3) is 0.188. The molecule has 0 spiro atoms. The summed E-state index contributed by atoms with van der Waals surface area (Å²) in [6.07, 6.45) is 0. The van der Waals surface area contributed by atoms with Crippen LogP contribution in [0.5, 0.6) is 0 Å². The molecule has 2 rings (SSSR count). The van der Waals surface area contributed by atoms with Crippen molar-refractivity contribution >= 4 is 27.3 Å². The second kappa shape index (κ2) is 6.96. The zero-order valence-electron chi connectivity index (χ0n) is 13.1. The summed E-state index contributed by atoms with van der Waals surface area (Å²) in [7, 11) is -2.01. The van der Waals surface area contributed by atoms with Gasteiger partial charge in [0.1, 0.15) is 17.3 Å². The predicted molar refractivity (Wildman–Crippen MR) is 88.6 cm³/mol. The summed E-state index contributed by atoms with van der Waals surface area (Å²) in [5, 5.41) is 2.16. The molecule has 0 unspecified atom stereocenters. The van der Waals surface area contributed by atoms with Crippen LogP contribution in [-0.4, -0.2) is 27.1 Å². The van der Waals surface area contributed by atoms with E-state index in [2.05, 4.69) is 5.32 Å². The molecule has 0 saturated carbocycles. The molecule has 0 aliphatic carbocycles. The van der Waals surface area contributed by atoms with Gasteiger partial charge in [-0.05, 0) is 43.3 Å². The lowest BCUT2D eigenvalue weighted by Gasteiger charge is -2.18. The number of rotatable bonds is 5. The Kier molecular flexibility index (Phi) is 5.18. The molecule has 0 fully saturated rings. The SMILES string of the molecule is CCS(=O)(=O)N(C)c1ccc(C(=O)Nc2c(F)cccc2F)cc1. The fourth-order valence-corrected chi connectivity index (χ4v) is 2.81. The molecular formula is C16H16F2N2O3S. The number of sulfonamides is 1. The summed E-state index contributed by atoms with van der Waals surface area (Å²) < 4.78 is 51.8. The van der Waals surface area contributed by atoms with Gasteiger partial charge in [0.15, 0.2) is 0 Å².